The van der Waals surface area contributed by atoms with Crippen LogP contribution >= 0.6 is 11.3 Å². The first-order valence-corrected chi connectivity index (χ1v) is 6.81. The highest BCUT2D eigenvalue weighted by Crippen LogP contribution is 2.20. The van der Waals surface area contributed by atoms with E-state index < -0.39 is 0 Å². The molecule has 0 atom stereocenters. The van der Waals surface area contributed by atoms with Gasteiger partial charge in [-0.1, -0.05) is 11.6 Å². The molecule has 1 amide bonds. The van der Waals surface area contributed by atoms with Crippen LogP contribution in [0.4, 0.5) is 0 Å². The van der Waals surface area contributed by atoms with Gasteiger partial charge in [0.1, 0.15) is 5.75 Å². The lowest BCUT2D eigenvalue weighted by molar-refractivity contribution is 0.0780. The molecule has 2 aromatic rings. The molecule has 2 rings (SSSR count). The molecular weight excluding hydrogens is 260 g/mol. The maximum absolute atomic E-state index is 12.3. The lowest BCUT2D eigenvalue weighted by Gasteiger charge is -2.17. The van der Waals surface area contributed by atoms with Crippen LogP contribution in [0, 0.1) is 13.8 Å². The molecule has 100 valence electrons. The van der Waals surface area contributed by atoms with Crippen molar-refractivity contribution in [2.24, 2.45) is 0 Å². The Kier molecular flexibility index (Phi) is 3.85. The molecule has 1 aromatic carbocycles. The van der Waals surface area contributed by atoms with Gasteiger partial charge in [0, 0.05) is 12.4 Å². The van der Waals surface area contributed by atoms with E-state index in [1.54, 1.807) is 41.5 Å². The van der Waals surface area contributed by atoms with Crippen molar-refractivity contribution in [3.8, 4) is 5.75 Å². The summed E-state index contributed by atoms with van der Waals surface area (Å²) >= 11 is 1.56. The van der Waals surface area contributed by atoms with Crippen LogP contribution in [0.25, 0.3) is 0 Å². The molecule has 0 saturated heterocycles. The molecule has 0 bridgehead atoms. The van der Waals surface area contributed by atoms with Crippen molar-refractivity contribution < 1.29 is 9.90 Å². The number of aromatic hydroxyl groups is 1. The van der Waals surface area contributed by atoms with E-state index in [4.69, 9.17) is 0 Å². The number of aryl methyl sites for hydroxylation is 2. The Morgan fingerprint density at radius 3 is 2.79 bits per heavy atom. The van der Waals surface area contributed by atoms with Crippen molar-refractivity contribution in [2.75, 3.05) is 7.05 Å². The summed E-state index contributed by atoms with van der Waals surface area (Å²) in [5.41, 5.74) is 2.14. The molecule has 0 aliphatic rings. The minimum atomic E-state index is -0.202. The molecule has 5 heteroatoms. The summed E-state index contributed by atoms with van der Waals surface area (Å²) in [6, 6.07) is 5.01. The molecule has 4 nitrogen and oxygen atoms in total. The van der Waals surface area contributed by atoms with E-state index in [9.17, 15) is 9.90 Å². The van der Waals surface area contributed by atoms with E-state index in [0.29, 0.717) is 12.1 Å². The monoisotopic (exact) mass is 276 g/mol. The first-order valence-electron chi connectivity index (χ1n) is 5.93. The minimum absolute atomic E-state index is 0.0110. The maximum Gasteiger partial charge on any atom is 0.257 e. The summed E-state index contributed by atoms with van der Waals surface area (Å²) in [6.45, 7) is 4.26. The van der Waals surface area contributed by atoms with Gasteiger partial charge in [-0.25, -0.2) is 4.98 Å². The fourth-order valence-electron chi connectivity index (χ4n) is 1.82. The Balaban J connectivity index is 2.16. The number of carbonyl (C=O) groups is 1. The number of benzene rings is 1. The first-order chi connectivity index (χ1) is 8.97. The second kappa shape index (κ2) is 5.40. The Morgan fingerprint density at radius 2 is 2.16 bits per heavy atom. The summed E-state index contributed by atoms with van der Waals surface area (Å²) in [4.78, 5) is 18.2. The van der Waals surface area contributed by atoms with Crippen molar-refractivity contribution in [1.82, 2.24) is 9.88 Å². The van der Waals surface area contributed by atoms with Crippen molar-refractivity contribution in [3.05, 3.63) is 45.4 Å². The topological polar surface area (TPSA) is 53.4 Å². The maximum atomic E-state index is 12.3. The normalized spacial score (nSPS) is 10.5. The molecular formula is C14H16N2O2S. The fourth-order valence-corrected chi connectivity index (χ4v) is 2.43. The fraction of sp³-hybridized carbons (Fsp3) is 0.286. The highest BCUT2D eigenvalue weighted by molar-refractivity contribution is 7.09. The third-order valence-corrected chi connectivity index (χ3v) is 3.62. The van der Waals surface area contributed by atoms with Crippen LogP contribution in [0.1, 0.15) is 26.6 Å². The standard InChI is InChI=1S/C14H16N2O2S/c1-9-4-5-13(17)12(6-9)14(18)16(3)7-11-8-19-10(2)15-11/h4-6,8,17H,7H2,1-3H3. The Morgan fingerprint density at radius 1 is 1.42 bits per heavy atom. The highest BCUT2D eigenvalue weighted by atomic mass is 32.1. The highest BCUT2D eigenvalue weighted by Gasteiger charge is 2.16. The van der Waals surface area contributed by atoms with Gasteiger partial charge in [-0.2, -0.15) is 0 Å². The first kappa shape index (κ1) is 13.5. The number of carbonyl (C=O) groups excluding carboxylic acids is 1. The number of hydrogen-bond donors (Lipinski definition) is 1. The van der Waals surface area contributed by atoms with Crippen molar-refractivity contribution in [1.29, 1.82) is 0 Å². The molecule has 1 N–H and O–H groups in total. The summed E-state index contributed by atoms with van der Waals surface area (Å²) < 4.78 is 0. The predicted octanol–water partition coefficient (Wildman–Crippen LogP) is 2.74. The molecule has 0 unspecified atom stereocenters. The quantitative estimate of drug-likeness (QED) is 0.937. The number of amides is 1. The van der Waals surface area contributed by atoms with Gasteiger partial charge in [-0.15, -0.1) is 11.3 Å². The summed E-state index contributed by atoms with van der Waals surface area (Å²) in [7, 11) is 1.71. The number of thiazole rings is 1. The van der Waals surface area contributed by atoms with Crippen LogP contribution in [0.15, 0.2) is 23.6 Å². The number of aromatic nitrogens is 1. The molecule has 1 aromatic heterocycles. The summed E-state index contributed by atoms with van der Waals surface area (Å²) in [5, 5.41) is 12.7. The van der Waals surface area contributed by atoms with Gasteiger partial charge in [0.15, 0.2) is 0 Å². The Labute approximate surface area is 116 Å². The van der Waals surface area contributed by atoms with Crippen molar-refractivity contribution >= 4 is 17.2 Å². The number of hydrogen-bond acceptors (Lipinski definition) is 4. The SMILES string of the molecule is Cc1ccc(O)c(C(=O)N(C)Cc2csc(C)n2)c1. The van der Waals surface area contributed by atoms with Gasteiger partial charge in [0.05, 0.1) is 22.8 Å². The van der Waals surface area contributed by atoms with E-state index in [-0.39, 0.29) is 11.7 Å². The smallest absolute Gasteiger partial charge is 0.257 e. The van der Waals surface area contributed by atoms with Gasteiger partial charge in [-0.05, 0) is 26.0 Å². The largest absolute Gasteiger partial charge is 0.507 e. The van der Waals surface area contributed by atoms with E-state index >= 15 is 0 Å². The predicted molar refractivity (Wildman–Crippen MR) is 75.5 cm³/mol. The summed E-state index contributed by atoms with van der Waals surface area (Å²) in [5.74, 6) is -0.191. The lowest BCUT2D eigenvalue weighted by Crippen LogP contribution is -2.26. The third-order valence-electron chi connectivity index (χ3n) is 2.79. The Bertz CT molecular complexity index is 607. The zero-order valence-electron chi connectivity index (χ0n) is 11.2. The minimum Gasteiger partial charge on any atom is -0.507 e. The molecule has 19 heavy (non-hydrogen) atoms. The molecule has 0 radical (unpaired) electrons. The van der Waals surface area contributed by atoms with Crippen LogP contribution in [0.3, 0.4) is 0 Å². The van der Waals surface area contributed by atoms with Gasteiger partial charge in [0.25, 0.3) is 5.91 Å². The zero-order chi connectivity index (χ0) is 14.0. The van der Waals surface area contributed by atoms with E-state index in [1.807, 2.05) is 19.2 Å². The van der Waals surface area contributed by atoms with Crippen molar-refractivity contribution in [3.63, 3.8) is 0 Å². The molecule has 0 spiro atoms. The van der Waals surface area contributed by atoms with Crippen LogP contribution in [0.2, 0.25) is 0 Å². The van der Waals surface area contributed by atoms with Crippen LogP contribution in [-0.2, 0) is 6.54 Å². The van der Waals surface area contributed by atoms with Crippen LogP contribution < -0.4 is 0 Å². The third kappa shape index (κ3) is 3.12. The molecule has 0 saturated carbocycles. The average molecular weight is 276 g/mol. The number of nitrogens with zero attached hydrogens (tertiary/aromatic N) is 2. The molecule has 0 fully saturated rings. The Hall–Kier alpha value is -1.88. The second-order valence-electron chi connectivity index (χ2n) is 4.54. The van der Waals surface area contributed by atoms with Gasteiger partial charge >= 0.3 is 0 Å². The number of rotatable bonds is 3. The van der Waals surface area contributed by atoms with Gasteiger partial charge in [-0.3, -0.25) is 4.79 Å². The number of phenolic OH excluding ortho intramolecular Hbond substituents is 1. The van der Waals surface area contributed by atoms with E-state index in [1.165, 1.54) is 0 Å². The molecule has 0 aliphatic heterocycles. The van der Waals surface area contributed by atoms with E-state index in [0.717, 1.165) is 16.3 Å². The lowest BCUT2D eigenvalue weighted by atomic mass is 10.1. The van der Waals surface area contributed by atoms with Crippen LogP contribution in [0.5, 0.6) is 5.75 Å². The van der Waals surface area contributed by atoms with Gasteiger partial charge in [0.2, 0.25) is 0 Å². The van der Waals surface area contributed by atoms with Gasteiger partial charge < -0.3 is 10.0 Å². The number of phenols is 1. The second-order valence-corrected chi connectivity index (χ2v) is 5.60. The average Bonchev–Trinajstić information content (AvgIpc) is 2.77. The van der Waals surface area contributed by atoms with Crippen molar-refractivity contribution in [2.45, 2.75) is 20.4 Å². The van der Waals surface area contributed by atoms with E-state index in [2.05, 4.69) is 4.98 Å². The van der Waals surface area contributed by atoms with Crippen LogP contribution in [-0.4, -0.2) is 27.9 Å². The summed E-state index contributed by atoms with van der Waals surface area (Å²) in [6.07, 6.45) is 0. The molecule has 1 heterocycles. The molecule has 0 aliphatic carbocycles. The zero-order valence-corrected chi connectivity index (χ0v) is 12.0.